The van der Waals surface area contributed by atoms with Gasteiger partial charge in [0.25, 0.3) is 0 Å². The second kappa shape index (κ2) is 12.7. The Kier molecular flexibility index (Phi) is 8.87. The number of nitrogens with one attached hydrogen (secondary N) is 1. The molecule has 0 amide bonds. The van der Waals surface area contributed by atoms with E-state index in [1.54, 1.807) is 48.5 Å². The van der Waals surface area contributed by atoms with Crippen LogP contribution in [0.2, 0.25) is 0 Å². The fourth-order valence-electron chi connectivity index (χ4n) is 3.97. The predicted molar refractivity (Wildman–Crippen MR) is 150 cm³/mol. The van der Waals surface area contributed by atoms with Crippen LogP contribution in [-0.2, 0) is 11.2 Å². The zero-order valence-electron chi connectivity index (χ0n) is 22.1. The number of rotatable bonds is 11. The smallest absolute Gasteiger partial charge is 0.167 e. The van der Waals surface area contributed by atoms with Gasteiger partial charge in [-0.15, -0.1) is 0 Å². The van der Waals surface area contributed by atoms with Crippen molar-refractivity contribution in [1.82, 2.24) is 9.88 Å². The van der Waals surface area contributed by atoms with Crippen molar-refractivity contribution in [2.45, 2.75) is 13.3 Å². The van der Waals surface area contributed by atoms with Gasteiger partial charge in [-0.1, -0.05) is 24.3 Å². The van der Waals surface area contributed by atoms with Gasteiger partial charge in [0, 0.05) is 47.9 Å². The van der Waals surface area contributed by atoms with E-state index in [1.165, 1.54) is 18.3 Å². The fraction of sp³-hybridized carbons (Fsp3) is 0.194. The summed E-state index contributed by atoms with van der Waals surface area (Å²) in [5.74, 6) is 0.516. The van der Waals surface area contributed by atoms with E-state index in [-0.39, 0.29) is 23.5 Å². The van der Waals surface area contributed by atoms with Crippen molar-refractivity contribution in [3.8, 4) is 23.3 Å². The Balaban J connectivity index is 1.69. The Labute approximate surface area is 227 Å². The third kappa shape index (κ3) is 6.98. The van der Waals surface area contributed by atoms with Gasteiger partial charge in [-0.2, -0.15) is 5.26 Å². The van der Waals surface area contributed by atoms with Crippen LogP contribution in [0.5, 0.6) is 17.2 Å². The first-order valence-corrected chi connectivity index (χ1v) is 12.5. The summed E-state index contributed by atoms with van der Waals surface area (Å²) in [6.45, 7) is 2.93. The molecule has 7 nitrogen and oxygen atoms in total. The topological polar surface area (TPSA) is 87.5 Å². The average molecular weight is 525 g/mol. The molecule has 0 spiro atoms. The average Bonchev–Trinajstić information content (AvgIpc) is 2.91. The normalized spacial score (nSPS) is 11.1. The summed E-state index contributed by atoms with van der Waals surface area (Å²) in [4.78, 5) is 19.1. The highest BCUT2D eigenvalue weighted by Crippen LogP contribution is 2.35. The first kappa shape index (κ1) is 27.3. The van der Waals surface area contributed by atoms with Gasteiger partial charge in [0.2, 0.25) is 0 Å². The van der Waals surface area contributed by atoms with Gasteiger partial charge in [0.05, 0.1) is 23.4 Å². The fourth-order valence-corrected chi connectivity index (χ4v) is 3.97. The lowest BCUT2D eigenvalue weighted by Gasteiger charge is -2.16. The van der Waals surface area contributed by atoms with E-state index in [4.69, 9.17) is 9.47 Å². The molecule has 0 aliphatic rings. The molecule has 0 unspecified atom stereocenters. The SMILES string of the molecule is CCOc1cc2ncc(C#N)c(Nc3ccc(Oc4ccccc4)c(F)c3)c2cc1CC(=O)/C=C/CN(C)C. The second-order valence-electron chi connectivity index (χ2n) is 9.06. The number of para-hydroxylation sites is 1. The number of halogens is 1. The third-order valence-corrected chi connectivity index (χ3v) is 5.78. The first-order chi connectivity index (χ1) is 18.9. The highest BCUT2D eigenvalue weighted by molar-refractivity contribution is 5.99. The third-order valence-electron chi connectivity index (χ3n) is 5.78. The number of hydrogen-bond donors (Lipinski definition) is 1. The maximum Gasteiger partial charge on any atom is 0.167 e. The van der Waals surface area contributed by atoms with Crippen LogP contribution < -0.4 is 14.8 Å². The first-order valence-electron chi connectivity index (χ1n) is 12.5. The zero-order chi connectivity index (χ0) is 27.8. The Morgan fingerprint density at radius 2 is 1.92 bits per heavy atom. The van der Waals surface area contributed by atoms with Crippen LogP contribution in [0, 0.1) is 17.1 Å². The van der Waals surface area contributed by atoms with E-state index >= 15 is 0 Å². The summed E-state index contributed by atoms with van der Waals surface area (Å²) in [5, 5.41) is 13.6. The minimum absolute atomic E-state index is 0.0767. The number of anilines is 2. The van der Waals surface area contributed by atoms with E-state index in [0.29, 0.717) is 52.5 Å². The van der Waals surface area contributed by atoms with Gasteiger partial charge in [0.1, 0.15) is 17.6 Å². The largest absolute Gasteiger partial charge is 0.494 e. The van der Waals surface area contributed by atoms with Crippen LogP contribution >= 0.6 is 0 Å². The maximum absolute atomic E-state index is 14.9. The number of nitrogens with zero attached hydrogens (tertiary/aromatic N) is 3. The van der Waals surface area contributed by atoms with Crippen LogP contribution in [0.3, 0.4) is 0 Å². The number of carbonyl (C=O) groups excluding carboxylic acids is 1. The molecule has 0 atom stereocenters. The Bertz CT molecular complexity index is 1550. The summed E-state index contributed by atoms with van der Waals surface area (Å²) >= 11 is 0. The van der Waals surface area contributed by atoms with Crippen LogP contribution in [0.4, 0.5) is 15.8 Å². The molecule has 0 bridgehead atoms. The van der Waals surface area contributed by atoms with Crippen molar-refractivity contribution in [3.63, 3.8) is 0 Å². The van der Waals surface area contributed by atoms with E-state index in [1.807, 2.05) is 38.1 Å². The number of pyridine rings is 1. The predicted octanol–water partition coefficient (Wildman–Crippen LogP) is 6.41. The molecule has 0 saturated carbocycles. The van der Waals surface area contributed by atoms with Gasteiger partial charge >= 0.3 is 0 Å². The van der Waals surface area contributed by atoms with Gasteiger partial charge in [0.15, 0.2) is 17.3 Å². The lowest BCUT2D eigenvalue weighted by Crippen LogP contribution is -2.11. The van der Waals surface area contributed by atoms with Gasteiger partial charge in [-0.3, -0.25) is 9.78 Å². The van der Waals surface area contributed by atoms with Gasteiger partial charge < -0.3 is 19.7 Å². The summed E-state index contributed by atoms with van der Waals surface area (Å²) in [6.07, 6.45) is 4.95. The molecule has 4 rings (SSSR count). The minimum atomic E-state index is -0.560. The number of ether oxygens (including phenoxy) is 2. The Hall–Kier alpha value is -4.74. The Morgan fingerprint density at radius 1 is 1.13 bits per heavy atom. The molecule has 0 aliphatic carbocycles. The summed E-state index contributed by atoms with van der Waals surface area (Å²) in [5.41, 5.74) is 2.40. The van der Waals surface area contributed by atoms with Crippen LogP contribution in [0.15, 0.2) is 79.0 Å². The van der Waals surface area contributed by atoms with Crippen molar-refractivity contribution in [2.24, 2.45) is 0 Å². The standard InChI is InChI=1S/C31H29FN4O3/c1-4-38-30-18-28-26(16-21(30)15-24(37)9-8-14-36(2)3)31(22(19-33)20-34-28)35-23-12-13-29(27(32)17-23)39-25-10-6-5-7-11-25/h5-13,16-18,20H,4,14-15H2,1-3H3,(H,34,35)/b9-8+. The van der Waals surface area contributed by atoms with Crippen molar-refractivity contribution >= 4 is 28.1 Å². The van der Waals surface area contributed by atoms with Crippen molar-refractivity contribution in [3.05, 3.63) is 96.0 Å². The number of nitriles is 1. The monoisotopic (exact) mass is 524 g/mol. The molecule has 0 fully saturated rings. The molecule has 0 radical (unpaired) electrons. The van der Waals surface area contributed by atoms with E-state index in [0.717, 1.165) is 0 Å². The quantitative estimate of drug-likeness (QED) is 0.227. The second-order valence-corrected chi connectivity index (χ2v) is 9.06. The molecule has 0 aliphatic heterocycles. The van der Waals surface area contributed by atoms with E-state index in [9.17, 15) is 14.4 Å². The van der Waals surface area contributed by atoms with Gasteiger partial charge in [-0.25, -0.2) is 4.39 Å². The maximum atomic E-state index is 14.9. The van der Waals surface area contributed by atoms with Crippen LogP contribution in [0.25, 0.3) is 10.9 Å². The van der Waals surface area contributed by atoms with E-state index < -0.39 is 5.82 Å². The van der Waals surface area contributed by atoms with Crippen LogP contribution in [-0.4, -0.2) is 42.9 Å². The molecule has 198 valence electrons. The number of carbonyl (C=O) groups is 1. The Morgan fingerprint density at radius 3 is 2.62 bits per heavy atom. The number of allylic oxidation sites excluding steroid dienone is 1. The number of hydrogen-bond acceptors (Lipinski definition) is 7. The lowest BCUT2D eigenvalue weighted by atomic mass is 10.0. The van der Waals surface area contributed by atoms with Crippen molar-refractivity contribution in [1.29, 1.82) is 5.26 Å². The summed E-state index contributed by atoms with van der Waals surface area (Å²) in [6, 6.07) is 19.2. The molecular formula is C31H29FN4O3. The minimum Gasteiger partial charge on any atom is -0.494 e. The highest BCUT2D eigenvalue weighted by Gasteiger charge is 2.16. The van der Waals surface area contributed by atoms with Crippen molar-refractivity contribution < 1.29 is 18.7 Å². The number of benzene rings is 3. The molecule has 1 N–H and O–H groups in total. The van der Waals surface area contributed by atoms with Crippen molar-refractivity contribution in [2.75, 3.05) is 32.6 Å². The molecule has 1 aromatic heterocycles. The van der Waals surface area contributed by atoms with Gasteiger partial charge in [-0.05, 0) is 57.4 Å². The lowest BCUT2D eigenvalue weighted by molar-refractivity contribution is -0.114. The summed E-state index contributed by atoms with van der Waals surface area (Å²) < 4.78 is 26.4. The molecule has 4 aromatic rings. The number of ketones is 1. The molecule has 39 heavy (non-hydrogen) atoms. The zero-order valence-corrected chi connectivity index (χ0v) is 22.1. The molecule has 1 heterocycles. The molecule has 3 aromatic carbocycles. The summed E-state index contributed by atoms with van der Waals surface area (Å²) in [7, 11) is 3.85. The molecule has 0 saturated heterocycles. The highest BCUT2D eigenvalue weighted by atomic mass is 19.1. The molecular weight excluding hydrogens is 495 g/mol. The van der Waals surface area contributed by atoms with Crippen LogP contribution in [0.1, 0.15) is 18.1 Å². The van der Waals surface area contributed by atoms with E-state index in [2.05, 4.69) is 16.4 Å². The number of fused-ring (bicyclic) bond motifs is 1. The number of likely N-dealkylation sites (N-methyl/N-ethyl adjacent to an activating group) is 1. The molecule has 8 heteroatoms. The number of aromatic nitrogens is 1.